The van der Waals surface area contributed by atoms with Gasteiger partial charge in [-0.25, -0.2) is 0 Å². The highest BCUT2D eigenvalue weighted by Crippen LogP contribution is 2.35. The quantitative estimate of drug-likeness (QED) is 0.777. The van der Waals surface area contributed by atoms with E-state index in [0.29, 0.717) is 36.5 Å². The van der Waals surface area contributed by atoms with Crippen molar-refractivity contribution in [3.05, 3.63) is 51.8 Å². The van der Waals surface area contributed by atoms with Crippen molar-refractivity contribution in [1.82, 2.24) is 10.3 Å². The molecule has 0 atom stereocenters. The van der Waals surface area contributed by atoms with Crippen LogP contribution < -0.4 is 10.2 Å². The van der Waals surface area contributed by atoms with Crippen molar-refractivity contribution in [2.24, 2.45) is 0 Å². The van der Waals surface area contributed by atoms with Crippen LogP contribution in [0.4, 0.5) is 18.9 Å². The summed E-state index contributed by atoms with van der Waals surface area (Å²) in [5.41, 5.74) is 0.0577. The number of alkyl halides is 3. The number of amides is 1. The van der Waals surface area contributed by atoms with Gasteiger partial charge in [-0.05, 0) is 39.7 Å². The van der Waals surface area contributed by atoms with E-state index in [9.17, 15) is 18.0 Å². The summed E-state index contributed by atoms with van der Waals surface area (Å²) in [6.45, 7) is 1.87. The molecular weight excluding hydrogens is 415 g/mol. The first-order valence-electron chi connectivity index (χ1n) is 7.99. The highest BCUT2D eigenvalue weighted by molar-refractivity contribution is 9.10. The number of halogens is 4. The van der Waals surface area contributed by atoms with E-state index in [-0.39, 0.29) is 17.8 Å². The van der Waals surface area contributed by atoms with E-state index in [1.165, 1.54) is 6.07 Å². The van der Waals surface area contributed by atoms with Gasteiger partial charge < -0.3 is 19.9 Å². The molecule has 1 fully saturated rings. The molecule has 1 aliphatic heterocycles. The number of ether oxygens (including phenoxy) is 1. The third-order valence-corrected chi connectivity index (χ3v) is 4.56. The Hall–Kier alpha value is -2.00. The minimum Gasteiger partial charge on any atom is -0.378 e. The largest absolute Gasteiger partial charge is 0.416 e. The molecule has 0 unspecified atom stereocenters. The topological polar surface area (TPSA) is 57.4 Å². The molecule has 2 aromatic rings. The van der Waals surface area contributed by atoms with Gasteiger partial charge >= 0.3 is 6.18 Å². The molecule has 1 aromatic carbocycles. The zero-order valence-corrected chi connectivity index (χ0v) is 15.3. The Morgan fingerprint density at radius 1 is 1.27 bits per heavy atom. The maximum Gasteiger partial charge on any atom is 0.416 e. The second kappa shape index (κ2) is 7.71. The molecule has 1 amide bonds. The van der Waals surface area contributed by atoms with Gasteiger partial charge in [-0.2, -0.15) is 13.2 Å². The van der Waals surface area contributed by atoms with Crippen LogP contribution in [0.25, 0.3) is 0 Å². The second-order valence-electron chi connectivity index (χ2n) is 5.85. The average molecular weight is 432 g/mol. The first-order valence-corrected chi connectivity index (χ1v) is 8.79. The lowest BCUT2D eigenvalue weighted by Crippen LogP contribution is -2.36. The number of nitrogens with one attached hydrogen (secondary N) is 2. The lowest BCUT2D eigenvalue weighted by atomic mass is 10.0. The number of carbonyl (C=O) groups excluding carboxylic acids is 1. The van der Waals surface area contributed by atoms with Gasteiger partial charge in [-0.15, -0.1) is 0 Å². The summed E-state index contributed by atoms with van der Waals surface area (Å²) in [4.78, 5) is 16.6. The highest BCUT2D eigenvalue weighted by atomic mass is 79.9. The number of hydrogen-bond donors (Lipinski definition) is 2. The molecule has 26 heavy (non-hydrogen) atoms. The van der Waals surface area contributed by atoms with Crippen LogP contribution in [0.15, 0.2) is 34.9 Å². The minimum absolute atomic E-state index is 0.0217. The molecule has 0 saturated carbocycles. The van der Waals surface area contributed by atoms with E-state index >= 15 is 0 Å². The molecule has 2 heterocycles. The average Bonchev–Trinajstić information content (AvgIpc) is 3.06. The van der Waals surface area contributed by atoms with Crippen LogP contribution in [0.2, 0.25) is 0 Å². The fraction of sp³-hybridized carbons (Fsp3) is 0.353. The van der Waals surface area contributed by atoms with E-state index in [1.54, 1.807) is 18.3 Å². The van der Waals surface area contributed by atoms with Gasteiger partial charge in [-0.1, -0.05) is 6.07 Å². The van der Waals surface area contributed by atoms with Gasteiger partial charge in [0.05, 0.1) is 18.8 Å². The minimum atomic E-state index is -4.50. The van der Waals surface area contributed by atoms with Gasteiger partial charge in [0.1, 0.15) is 5.69 Å². The fourth-order valence-electron chi connectivity index (χ4n) is 2.77. The van der Waals surface area contributed by atoms with E-state index in [0.717, 1.165) is 6.07 Å². The van der Waals surface area contributed by atoms with Crippen molar-refractivity contribution in [3.63, 3.8) is 0 Å². The molecule has 9 heteroatoms. The molecule has 2 N–H and O–H groups in total. The summed E-state index contributed by atoms with van der Waals surface area (Å²) < 4.78 is 46.4. The standard InChI is InChI=1S/C17H17BrF3N3O2/c18-12-7-15(22-10-12)16(25)23-9-11-1-2-13(8-14(11)17(19,20)21)24-3-5-26-6-4-24/h1-2,7-8,10,22H,3-6,9H2,(H,23,25). The van der Waals surface area contributed by atoms with Gasteiger partial charge in [0.15, 0.2) is 0 Å². The second-order valence-corrected chi connectivity index (χ2v) is 6.77. The molecule has 5 nitrogen and oxygen atoms in total. The maximum atomic E-state index is 13.5. The van der Waals surface area contributed by atoms with Crippen molar-refractivity contribution in [2.45, 2.75) is 12.7 Å². The Labute approximate surface area is 156 Å². The van der Waals surface area contributed by atoms with Crippen LogP contribution in [0.3, 0.4) is 0 Å². The van der Waals surface area contributed by atoms with Crippen LogP contribution in [-0.4, -0.2) is 37.2 Å². The first-order chi connectivity index (χ1) is 12.3. The molecule has 3 rings (SSSR count). The molecule has 0 spiro atoms. The number of morpholine rings is 1. The lowest BCUT2D eigenvalue weighted by molar-refractivity contribution is -0.138. The molecule has 0 radical (unpaired) electrons. The number of aromatic nitrogens is 1. The molecule has 0 aliphatic carbocycles. The number of H-pyrrole nitrogens is 1. The van der Waals surface area contributed by atoms with Crippen LogP contribution >= 0.6 is 15.9 Å². The summed E-state index contributed by atoms with van der Waals surface area (Å²) in [6.07, 6.45) is -2.93. The number of carbonyl (C=O) groups is 1. The van der Waals surface area contributed by atoms with Gasteiger partial charge in [0.25, 0.3) is 5.91 Å². The van der Waals surface area contributed by atoms with Crippen LogP contribution in [0.5, 0.6) is 0 Å². The summed E-state index contributed by atoms with van der Waals surface area (Å²) in [7, 11) is 0. The van der Waals surface area contributed by atoms with E-state index in [1.807, 2.05) is 4.90 Å². The van der Waals surface area contributed by atoms with Crippen molar-refractivity contribution in [3.8, 4) is 0 Å². The van der Waals surface area contributed by atoms with Crippen LogP contribution in [0, 0.1) is 0 Å². The highest BCUT2D eigenvalue weighted by Gasteiger charge is 2.34. The van der Waals surface area contributed by atoms with Crippen LogP contribution in [-0.2, 0) is 17.5 Å². The zero-order chi connectivity index (χ0) is 18.7. The van der Waals surface area contributed by atoms with E-state index in [2.05, 4.69) is 26.2 Å². The number of nitrogens with zero attached hydrogens (tertiary/aromatic N) is 1. The molecule has 140 valence electrons. The Balaban J connectivity index is 1.78. The van der Waals surface area contributed by atoms with Gasteiger partial charge in [-0.3, -0.25) is 4.79 Å². The third kappa shape index (κ3) is 4.39. The normalized spacial score (nSPS) is 15.2. The molecule has 1 aromatic heterocycles. The smallest absolute Gasteiger partial charge is 0.378 e. The number of benzene rings is 1. The first kappa shape index (κ1) is 18.8. The molecular formula is C17H17BrF3N3O2. The molecule has 1 saturated heterocycles. The third-order valence-electron chi connectivity index (χ3n) is 4.11. The number of aromatic amines is 1. The summed E-state index contributed by atoms with van der Waals surface area (Å²) in [5.74, 6) is -0.471. The lowest BCUT2D eigenvalue weighted by Gasteiger charge is -2.29. The molecule has 0 bridgehead atoms. The predicted octanol–water partition coefficient (Wildman–Crippen LogP) is 3.56. The number of anilines is 1. The van der Waals surface area contributed by atoms with Gasteiger partial charge in [0, 0.05) is 36.0 Å². The maximum absolute atomic E-state index is 13.5. The van der Waals surface area contributed by atoms with E-state index < -0.39 is 17.6 Å². The molecule has 1 aliphatic rings. The number of hydrogen-bond acceptors (Lipinski definition) is 3. The predicted molar refractivity (Wildman–Crippen MR) is 94.1 cm³/mol. The van der Waals surface area contributed by atoms with Crippen LogP contribution in [0.1, 0.15) is 21.6 Å². The van der Waals surface area contributed by atoms with Crippen molar-refractivity contribution in [2.75, 3.05) is 31.2 Å². The van der Waals surface area contributed by atoms with Gasteiger partial charge in [0.2, 0.25) is 0 Å². The summed E-state index contributed by atoms with van der Waals surface area (Å²) >= 11 is 3.21. The Bertz CT molecular complexity index is 786. The fourth-order valence-corrected chi connectivity index (χ4v) is 3.11. The Morgan fingerprint density at radius 3 is 2.62 bits per heavy atom. The van der Waals surface area contributed by atoms with Crippen molar-refractivity contribution >= 4 is 27.5 Å². The van der Waals surface area contributed by atoms with E-state index in [4.69, 9.17) is 4.74 Å². The van der Waals surface area contributed by atoms with Crippen molar-refractivity contribution in [1.29, 1.82) is 0 Å². The summed E-state index contributed by atoms with van der Waals surface area (Å²) in [6, 6.07) is 5.76. The zero-order valence-electron chi connectivity index (χ0n) is 13.7. The number of rotatable bonds is 4. The Kier molecular flexibility index (Phi) is 5.57. The van der Waals surface area contributed by atoms with Crippen molar-refractivity contribution < 1.29 is 22.7 Å². The monoisotopic (exact) mass is 431 g/mol. The SMILES string of the molecule is O=C(NCc1ccc(N2CCOCC2)cc1C(F)(F)F)c1cc(Br)c[nH]1. The Morgan fingerprint density at radius 2 is 2.00 bits per heavy atom. The summed E-state index contributed by atoms with van der Waals surface area (Å²) in [5, 5.41) is 2.52.